The number of carbonyl (C=O) groups is 1. The van der Waals surface area contributed by atoms with Crippen LogP contribution in [0.4, 0.5) is 0 Å². The summed E-state index contributed by atoms with van der Waals surface area (Å²) in [5.74, 6) is -0.380. The first-order valence-electron chi connectivity index (χ1n) is 23.8. The van der Waals surface area contributed by atoms with Crippen molar-refractivity contribution in [2.75, 3.05) is 33.0 Å². The van der Waals surface area contributed by atoms with Gasteiger partial charge in [-0.3, -0.25) is 4.79 Å². The van der Waals surface area contributed by atoms with Crippen molar-refractivity contribution in [1.29, 1.82) is 0 Å². The molecule has 0 radical (unpaired) electrons. The highest BCUT2D eigenvalue weighted by Gasteiger charge is 2.47. The van der Waals surface area contributed by atoms with Crippen molar-refractivity contribution in [3.63, 3.8) is 0 Å². The van der Waals surface area contributed by atoms with Crippen LogP contribution in [0.5, 0.6) is 0 Å². The van der Waals surface area contributed by atoms with Gasteiger partial charge in [-0.25, -0.2) is 0 Å². The van der Waals surface area contributed by atoms with E-state index in [0.717, 1.165) is 44.9 Å². The third kappa shape index (κ3) is 23.4. The van der Waals surface area contributed by atoms with E-state index in [1.807, 2.05) is 0 Å². The summed E-state index contributed by atoms with van der Waals surface area (Å²) in [5, 5.41) is 71.9. The van der Waals surface area contributed by atoms with E-state index in [1.54, 1.807) is 0 Å². The largest absolute Gasteiger partial charge is 0.457 e. The van der Waals surface area contributed by atoms with Crippen LogP contribution in [-0.4, -0.2) is 142 Å². The Labute approximate surface area is 361 Å². The second kappa shape index (κ2) is 35.1. The Kier molecular flexibility index (Phi) is 32.1. The van der Waals surface area contributed by atoms with Crippen LogP contribution < -0.4 is 0 Å². The number of allylic oxidation sites excluding steroid dienone is 2. The molecule has 11 atom stereocenters. The van der Waals surface area contributed by atoms with Crippen LogP contribution >= 0.6 is 0 Å². The molecule has 14 heteroatoms. The van der Waals surface area contributed by atoms with Crippen LogP contribution in [0.25, 0.3) is 0 Å². The average molecular weight is 863 g/mol. The summed E-state index contributed by atoms with van der Waals surface area (Å²) in [6, 6.07) is 0. The molecule has 7 N–H and O–H groups in total. The minimum absolute atomic E-state index is 0.0641. The third-order valence-corrected chi connectivity index (χ3v) is 11.5. The van der Waals surface area contributed by atoms with Crippen LogP contribution in [-0.2, 0) is 33.2 Å². The lowest BCUT2D eigenvalue weighted by molar-refractivity contribution is -0.332. The summed E-state index contributed by atoms with van der Waals surface area (Å²) >= 11 is 0. The molecule has 2 heterocycles. The lowest BCUT2D eigenvalue weighted by Crippen LogP contribution is -2.61. The normalized spacial score (nSPS) is 27.8. The van der Waals surface area contributed by atoms with E-state index in [-0.39, 0.29) is 25.6 Å². The van der Waals surface area contributed by atoms with Crippen molar-refractivity contribution < 1.29 is 69.0 Å². The first-order chi connectivity index (χ1) is 29.1. The number of hydrogen-bond acceptors (Lipinski definition) is 14. The van der Waals surface area contributed by atoms with Crippen LogP contribution in [0.15, 0.2) is 12.2 Å². The molecule has 60 heavy (non-hydrogen) atoms. The number of carbonyl (C=O) groups excluding carboxylic acids is 1. The molecule has 0 bridgehead atoms. The molecule has 0 aromatic rings. The maximum atomic E-state index is 12.9. The quantitative estimate of drug-likeness (QED) is 0.0220. The Morgan fingerprint density at radius 3 is 1.52 bits per heavy atom. The predicted octanol–water partition coefficient (Wildman–Crippen LogP) is 5.90. The molecule has 2 fully saturated rings. The first kappa shape index (κ1) is 54.9. The standard InChI is InChI=1S/C46H86O14/c1-3-5-7-9-11-13-14-15-16-17-18-19-20-21-23-25-27-29-38(48)58-35(32-55-30-28-26-24-22-12-10-8-6-4-2)33-56-45-44(54)42(52)40(50)37(60-45)34-57-46-43(53)41(51)39(49)36(31-47)59-46/h15-16,35-37,39-47,49-54H,3-14,17-34H2,1-2H3/b16-15-. The van der Waals surface area contributed by atoms with Gasteiger partial charge in [0.25, 0.3) is 0 Å². The van der Waals surface area contributed by atoms with Crippen molar-refractivity contribution in [3.05, 3.63) is 12.2 Å². The molecule has 14 nitrogen and oxygen atoms in total. The van der Waals surface area contributed by atoms with Gasteiger partial charge >= 0.3 is 5.97 Å². The summed E-state index contributed by atoms with van der Waals surface area (Å²) in [6.45, 7) is 3.67. The fourth-order valence-electron chi connectivity index (χ4n) is 7.57. The number of aliphatic hydroxyl groups excluding tert-OH is 7. The summed E-state index contributed by atoms with van der Waals surface area (Å²) in [5.41, 5.74) is 0. The van der Waals surface area contributed by atoms with Crippen molar-refractivity contribution in [1.82, 2.24) is 0 Å². The number of aliphatic hydroxyl groups is 7. The molecule has 0 aromatic carbocycles. The number of rotatable bonds is 37. The zero-order valence-corrected chi connectivity index (χ0v) is 37.2. The highest BCUT2D eigenvalue weighted by atomic mass is 16.7. The van der Waals surface area contributed by atoms with E-state index in [4.69, 9.17) is 28.4 Å². The van der Waals surface area contributed by atoms with Gasteiger partial charge in [0.05, 0.1) is 26.4 Å². The van der Waals surface area contributed by atoms with Crippen molar-refractivity contribution in [2.24, 2.45) is 0 Å². The van der Waals surface area contributed by atoms with Crippen LogP contribution in [0.1, 0.15) is 174 Å². The van der Waals surface area contributed by atoms with E-state index in [2.05, 4.69) is 26.0 Å². The second-order valence-corrected chi connectivity index (χ2v) is 16.9. The van der Waals surface area contributed by atoms with Crippen molar-refractivity contribution >= 4 is 5.97 Å². The fourth-order valence-corrected chi connectivity index (χ4v) is 7.57. The molecular formula is C46H86O14. The van der Waals surface area contributed by atoms with Gasteiger partial charge in [0.2, 0.25) is 0 Å². The van der Waals surface area contributed by atoms with Gasteiger partial charge in [0.1, 0.15) is 54.9 Å². The van der Waals surface area contributed by atoms with Gasteiger partial charge < -0.3 is 64.2 Å². The zero-order valence-electron chi connectivity index (χ0n) is 37.2. The molecule has 0 amide bonds. The van der Waals surface area contributed by atoms with E-state index in [9.17, 15) is 40.5 Å². The van der Waals surface area contributed by atoms with Gasteiger partial charge in [0.15, 0.2) is 12.6 Å². The van der Waals surface area contributed by atoms with Crippen LogP contribution in [0.3, 0.4) is 0 Å². The summed E-state index contributed by atoms with van der Waals surface area (Å²) in [4.78, 5) is 12.9. The Morgan fingerprint density at radius 2 is 0.983 bits per heavy atom. The summed E-state index contributed by atoms with van der Waals surface area (Å²) < 4.78 is 34.1. The maximum absolute atomic E-state index is 12.9. The van der Waals surface area contributed by atoms with Crippen molar-refractivity contribution in [2.45, 2.75) is 242 Å². The maximum Gasteiger partial charge on any atom is 0.306 e. The SMILES string of the molecule is CCCCCCCC/C=C\CCCCCCCCCC(=O)OC(COCCCCCCCCCCC)COC1OC(COC2OC(CO)C(O)C(O)C2O)C(O)C(O)C1O. The van der Waals surface area contributed by atoms with Gasteiger partial charge in [0, 0.05) is 13.0 Å². The highest BCUT2D eigenvalue weighted by Crippen LogP contribution is 2.26. The van der Waals surface area contributed by atoms with Crippen LogP contribution in [0.2, 0.25) is 0 Å². The monoisotopic (exact) mass is 863 g/mol. The lowest BCUT2D eigenvalue weighted by atomic mass is 9.98. The summed E-state index contributed by atoms with van der Waals surface area (Å²) in [7, 11) is 0. The second-order valence-electron chi connectivity index (χ2n) is 16.9. The van der Waals surface area contributed by atoms with E-state index in [0.29, 0.717) is 13.0 Å². The van der Waals surface area contributed by atoms with Gasteiger partial charge in [-0.2, -0.15) is 0 Å². The van der Waals surface area contributed by atoms with Crippen LogP contribution in [0, 0.1) is 0 Å². The molecule has 354 valence electrons. The van der Waals surface area contributed by atoms with E-state index < -0.39 is 80.7 Å². The molecule has 0 spiro atoms. The van der Waals surface area contributed by atoms with Crippen molar-refractivity contribution in [3.8, 4) is 0 Å². The number of hydrogen-bond donors (Lipinski definition) is 7. The first-order valence-corrected chi connectivity index (χ1v) is 23.8. The number of ether oxygens (including phenoxy) is 6. The molecule has 2 saturated heterocycles. The molecule has 11 unspecified atom stereocenters. The highest BCUT2D eigenvalue weighted by molar-refractivity contribution is 5.69. The van der Waals surface area contributed by atoms with Gasteiger partial charge in [-0.05, 0) is 38.5 Å². The zero-order chi connectivity index (χ0) is 43.8. The Bertz CT molecular complexity index is 1050. The third-order valence-electron chi connectivity index (χ3n) is 11.5. The summed E-state index contributed by atoms with van der Waals surface area (Å²) in [6.07, 6.45) is 17.1. The Morgan fingerprint density at radius 1 is 0.533 bits per heavy atom. The van der Waals surface area contributed by atoms with E-state index >= 15 is 0 Å². The minimum atomic E-state index is -1.70. The molecular weight excluding hydrogens is 776 g/mol. The lowest BCUT2D eigenvalue weighted by Gasteiger charge is -2.42. The molecule has 2 aliphatic heterocycles. The smallest absolute Gasteiger partial charge is 0.306 e. The molecule has 2 rings (SSSR count). The minimum Gasteiger partial charge on any atom is -0.457 e. The Hall–Kier alpha value is -1.27. The average Bonchev–Trinajstić information content (AvgIpc) is 3.24. The van der Waals surface area contributed by atoms with Gasteiger partial charge in [-0.1, -0.05) is 142 Å². The molecule has 0 aliphatic carbocycles. The molecule has 0 saturated carbocycles. The molecule has 2 aliphatic rings. The predicted molar refractivity (Wildman–Crippen MR) is 229 cm³/mol. The topological polar surface area (TPSA) is 214 Å². The Balaban J connectivity index is 1.78. The number of esters is 1. The fraction of sp³-hybridized carbons (Fsp3) is 0.935. The molecule has 0 aromatic heterocycles. The van der Waals surface area contributed by atoms with E-state index in [1.165, 1.54) is 103 Å². The number of unbranched alkanes of at least 4 members (excludes halogenated alkanes) is 21. The van der Waals surface area contributed by atoms with Gasteiger partial charge in [-0.15, -0.1) is 0 Å².